The molecule has 1 aromatic carbocycles. The monoisotopic (exact) mass is 324 g/mol. The van der Waals surface area contributed by atoms with Gasteiger partial charge in [0.25, 0.3) is 0 Å². The third kappa shape index (κ3) is 3.86. The van der Waals surface area contributed by atoms with Crippen LogP contribution >= 0.6 is 23.1 Å². The number of aromatic nitrogens is 1. The molecule has 1 aromatic heterocycles. The second-order valence-electron chi connectivity index (χ2n) is 4.22. The van der Waals surface area contributed by atoms with Gasteiger partial charge in [-0.15, -0.1) is 23.1 Å². The Hall–Kier alpha value is -1.78. The standard InChI is InChI=1S/C14H10F2N2OS2/c1-8-6-21-14(18-8)10(5-17)13(19)7-20-9-2-3-11(15)12(16)4-9/h2-4,6,10H,7H2,1H3/t10-/m1/s1. The molecule has 1 heterocycles. The van der Waals surface area contributed by atoms with Crippen LogP contribution in [0.5, 0.6) is 0 Å². The van der Waals surface area contributed by atoms with Gasteiger partial charge in [-0.1, -0.05) is 0 Å². The molecule has 2 aromatic rings. The summed E-state index contributed by atoms with van der Waals surface area (Å²) in [4.78, 5) is 16.6. The SMILES string of the molecule is Cc1csc([C@H](C#N)C(=O)CSc2ccc(F)c(F)c2)n1. The number of nitrogens with zero attached hydrogens (tertiary/aromatic N) is 2. The summed E-state index contributed by atoms with van der Waals surface area (Å²) >= 11 is 2.33. The Morgan fingerprint density at radius 2 is 2.24 bits per heavy atom. The van der Waals surface area contributed by atoms with Crippen molar-refractivity contribution < 1.29 is 13.6 Å². The van der Waals surface area contributed by atoms with Crippen LogP contribution in [0, 0.1) is 29.9 Å². The number of aryl methyl sites for hydroxylation is 1. The molecule has 0 aliphatic heterocycles. The number of halogens is 2. The predicted molar refractivity (Wildman–Crippen MR) is 77.3 cm³/mol. The smallest absolute Gasteiger partial charge is 0.167 e. The van der Waals surface area contributed by atoms with Crippen LogP contribution in [-0.4, -0.2) is 16.5 Å². The summed E-state index contributed by atoms with van der Waals surface area (Å²) in [5.41, 5.74) is 0.760. The highest BCUT2D eigenvalue weighted by Gasteiger charge is 2.23. The van der Waals surface area contributed by atoms with E-state index in [1.807, 2.05) is 6.07 Å². The largest absolute Gasteiger partial charge is 0.297 e. The minimum absolute atomic E-state index is 0.00191. The molecule has 1 atom stereocenters. The summed E-state index contributed by atoms with van der Waals surface area (Å²) < 4.78 is 25.9. The van der Waals surface area contributed by atoms with Gasteiger partial charge < -0.3 is 0 Å². The number of benzene rings is 1. The topological polar surface area (TPSA) is 53.8 Å². The van der Waals surface area contributed by atoms with E-state index < -0.39 is 17.6 Å². The Morgan fingerprint density at radius 3 is 2.81 bits per heavy atom. The number of thioether (sulfide) groups is 1. The Kier molecular flexibility index (Phi) is 5.04. The van der Waals surface area contributed by atoms with Crippen LogP contribution in [0.15, 0.2) is 28.5 Å². The maximum atomic E-state index is 13.1. The van der Waals surface area contributed by atoms with E-state index >= 15 is 0 Å². The summed E-state index contributed by atoms with van der Waals surface area (Å²) in [6.45, 7) is 1.79. The number of Topliss-reactive ketones (excluding diaryl/α,β-unsaturated/α-hetero) is 1. The van der Waals surface area contributed by atoms with Crippen LogP contribution < -0.4 is 0 Å². The van der Waals surface area contributed by atoms with Crippen molar-refractivity contribution in [3.8, 4) is 6.07 Å². The number of nitriles is 1. The first-order valence-corrected chi connectivity index (χ1v) is 7.80. The molecule has 0 unspecified atom stereocenters. The van der Waals surface area contributed by atoms with Crippen molar-refractivity contribution >= 4 is 28.9 Å². The molecule has 0 radical (unpaired) electrons. The first-order valence-electron chi connectivity index (χ1n) is 5.93. The van der Waals surface area contributed by atoms with Crippen LogP contribution in [0.2, 0.25) is 0 Å². The van der Waals surface area contributed by atoms with E-state index in [0.717, 1.165) is 29.6 Å². The lowest BCUT2D eigenvalue weighted by atomic mass is 10.1. The maximum absolute atomic E-state index is 13.1. The predicted octanol–water partition coefficient (Wildman–Crippen LogP) is 3.70. The van der Waals surface area contributed by atoms with Gasteiger partial charge in [-0.05, 0) is 25.1 Å². The summed E-state index contributed by atoms with van der Waals surface area (Å²) in [5, 5.41) is 11.4. The number of carbonyl (C=O) groups excluding carboxylic acids is 1. The number of hydrogen-bond acceptors (Lipinski definition) is 5. The molecular formula is C14H10F2N2OS2. The van der Waals surface area contributed by atoms with E-state index in [2.05, 4.69) is 4.98 Å². The highest BCUT2D eigenvalue weighted by Crippen LogP contribution is 2.25. The molecule has 7 heteroatoms. The van der Waals surface area contributed by atoms with Crippen molar-refractivity contribution in [1.82, 2.24) is 4.98 Å². The summed E-state index contributed by atoms with van der Waals surface area (Å²) in [7, 11) is 0. The molecule has 0 aliphatic rings. The number of ketones is 1. The summed E-state index contributed by atoms with van der Waals surface area (Å²) in [6, 6.07) is 5.37. The van der Waals surface area contributed by atoms with Gasteiger partial charge in [0.15, 0.2) is 23.3 Å². The van der Waals surface area contributed by atoms with Crippen LogP contribution in [0.1, 0.15) is 16.6 Å². The molecule has 2 rings (SSSR count). The fourth-order valence-electron chi connectivity index (χ4n) is 1.57. The Balaban J connectivity index is 2.03. The second-order valence-corrected chi connectivity index (χ2v) is 6.16. The van der Waals surface area contributed by atoms with Gasteiger partial charge in [-0.3, -0.25) is 4.79 Å². The molecule has 0 bridgehead atoms. The first-order chi connectivity index (χ1) is 10.0. The summed E-state index contributed by atoms with van der Waals surface area (Å²) in [6.07, 6.45) is 0. The molecule has 21 heavy (non-hydrogen) atoms. The second kappa shape index (κ2) is 6.78. The highest BCUT2D eigenvalue weighted by molar-refractivity contribution is 8.00. The lowest BCUT2D eigenvalue weighted by molar-refractivity contribution is -0.116. The van der Waals surface area contributed by atoms with Crippen LogP contribution in [0.3, 0.4) is 0 Å². The minimum Gasteiger partial charge on any atom is -0.297 e. The van der Waals surface area contributed by atoms with Gasteiger partial charge in [0, 0.05) is 16.0 Å². The van der Waals surface area contributed by atoms with Crippen molar-refractivity contribution in [1.29, 1.82) is 5.26 Å². The van der Waals surface area contributed by atoms with Crippen molar-refractivity contribution in [2.45, 2.75) is 17.7 Å². The molecule has 0 saturated heterocycles. The number of carbonyl (C=O) groups is 1. The van der Waals surface area contributed by atoms with Crippen molar-refractivity contribution in [2.24, 2.45) is 0 Å². The Labute approximate surface area is 128 Å². The fourth-order valence-corrected chi connectivity index (χ4v) is 3.26. The van der Waals surface area contributed by atoms with Gasteiger partial charge in [-0.2, -0.15) is 5.26 Å². The van der Waals surface area contributed by atoms with Gasteiger partial charge in [0.2, 0.25) is 0 Å². The molecular weight excluding hydrogens is 314 g/mol. The van der Waals surface area contributed by atoms with Crippen LogP contribution in [0.25, 0.3) is 0 Å². The zero-order chi connectivity index (χ0) is 15.4. The van der Waals surface area contributed by atoms with Gasteiger partial charge >= 0.3 is 0 Å². The lowest BCUT2D eigenvalue weighted by Gasteiger charge is -2.05. The van der Waals surface area contributed by atoms with Crippen molar-refractivity contribution in [3.05, 3.63) is 45.9 Å². The fraction of sp³-hybridized carbons (Fsp3) is 0.214. The molecule has 0 fully saturated rings. The normalized spacial score (nSPS) is 11.9. The van der Waals surface area contributed by atoms with E-state index in [1.165, 1.54) is 17.4 Å². The van der Waals surface area contributed by atoms with Crippen LogP contribution in [-0.2, 0) is 4.79 Å². The van der Waals surface area contributed by atoms with Gasteiger partial charge in [0.1, 0.15) is 5.01 Å². The number of hydrogen-bond donors (Lipinski definition) is 0. The maximum Gasteiger partial charge on any atom is 0.167 e. The average molecular weight is 324 g/mol. The van der Waals surface area contributed by atoms with E-state index in [0.29, 0.717) is 9.90 Å². The van der Waals surface area contributed by atoms with E-state index in [1.54, 1.807) is 12.3 Å². The molecule has 0 amide bonds. The molecule has 0 aliphatic carbocycles. The van der Waals surface area contributed by atoms with Crippen molar-refractivity contribution in [3.63, 3.8) is 0 Å². The molecule has 0 saturated carbocycles. The van der Waals surface area contributed by atoms with E-state index in [-0.39, 0.29) is 11.5 Å². The number of rotatable bonds is 5. The lowest BCUT2D eigenvalue weighted by Crippen LogP contribution is -2.13. The van der Waals surface area contributed by atoms with Gasteiger partial charge in [-0.25, -0.2) is 13.8 Å². The molecule has 108 valence electrons. The molecule has 0 spiro atoms. The third-order valence-electron chi connectivity index (χ3n) is 2.61. The van der Waals surface area contributed by atoms with E-state index in [9.17, 15) is 13.6 Å². The van der Waals surface area contributed by atoms with E-state index in [4.69, 9.17) is 5.26 Å². The zero-order valence-electron chi connectivity index (χ0n) is 11.0. The Bertz CT molecular complexity index is 709. The molecule has 0 N–H and O–H groups in total. The average Bonchev–Trinajstić information content (AvgIpc) is 2.87. The number of thiazole rings is 1. The van der Waals surface area contributed by atoms with Crippen LogP contribution in [0.4, 0.5) is 8.78 Å². The minimum atomic E-state index is -0.958. The highest BCUT2D eigenvalue weighted by atomic mass is 32.2. The van der Waals surface area contributed by atoms with Crippen molar-refractivity contribution in [2.75, 3.05) is 5.75 Å². The zero-order valence-corrected chi connectivity index (χ0v) is 12.6. The first kappa shape index (κ1) is 15.6. The Morgan fingerprint density at radius 1 is 1.48 bits per heavy atom. The third-order valence-corrected chi connectivity index (χ3v) is 4.65. The quantitative estimate of drug-likeness (QED) is 0.787. The molecule has 3 nitrogen and oxygen atoms in total. The summed E-state index contributed by atoms with van der Waals surface area (Å²) in [5.74, 6) is -3.11. The van der Waals surface area contributed by atoms with Gasteiger partial charge in [0.05, 0.1) is 11.8 Å².